The van der Waals surface area contributed by atoms with Gasteiger partial charge in [0.05, 0.1) is 5.71 Å². The largest absolute Gasteiger partial charge is 0.360 e. The number of allylic oxidation sites excluding steroid dienone is 1. The first-order valence-electron chi connectivity index (χ1n) is 8.05. The monoisotopic (exact) mass is 301 g/mol. The summed E-state index contributed by atoms with van der Waals surface area (Å²) in [5.41, 5.74) is 7.22. The van der Waals surface area contributed by atoms with Crippen LogP contribution in [0.2, 0.25) is 0 Å². The normalized spacial score (nSPS) is 16.7. The summed E-state index contributed by atoms with van der Waals surface area (Å²) in [4.78, 5) is 12.4. The number of hydrogen-bond acceptors (Lipinski definition) is 2. The summed E-state index contributed by atoms with van der Waals surface area (Å²) >= 11 is 0. The van der Waals surface area contributed by atoms with E-state index in [2.05, 4.69) is 53.4 Å². The molecule has 114 valence electrons. The van der Waals surface area contributed by atoms with Crippen molar-refractivity contribution in [3.63, 3.8) is 0 Å². The zero-order valence-electron chi connectivity index (χ0n) is 13.2. The Kier molecular flexibility index (Phi) is 3.54. The van der Waals surface area contributed by atoms with Crippen LogP contribution >= 0.6 is 0 Å². The van der Waals surface area contributed by atoms with E-state index in [0.29, 0.717) is 0 Å². The lowest BCUT2D eigenvalue weighted by Gasteiger charge is -2.16. The van der Waals surface area contributed by atoms with Gasteiger partial charge in [-0.05, 0) is 49.1 Å². The standard InChI is InChI=1S/C20H19N3/c1-14-5-2-8-18-17(13-23-19(14)18)11-15-6-4-10-22-20(15)16-7-3-9-21-12-16/h2-3,5,7-9,11-13,23H,4,6,10H2,1H3/b15-11+. The molecule has 0 spiro atoms. The Morgan fingerprint density at radius 3 is 3.00 bits per heavy atom. The maximum atomic E-state index is 4.76. The minimum absolute atomic E-state index is 0.897. The number of para-hydroxylation sites is 1. The number of nitrogens with zero attached hydrogens (tertiary/aromatic N) is 2. The second-order valence-electron chi connectivity index (χ2n) is 5.99. The number of aromatic amines is 1. The lowest BCUT2D eigenvalue weighted by atomic mass is 9.94. The summed E-state index contributed by atoms with van der Waals surface area (Å²) in [7, 11) is 0. The van der Waals surface area contributed by atoms with E-state index in [-0.39, 0.29) is 0 Å². The van der Waals surface area contributed by atoms with Gasteiger partial charge >= 0.3 is 0 Å². The van der Waals surface area contributed by atoms with Crippen molar-refractivity contribution in [2.45, 2.75) is 19.8 Å². The van der Waals surface area contributed by atoms with Crippen molar-refractivity contribution >= 4 is 22.7 Å². The fraction of sp³-hybridized carbons (Fsp3) is 0.200. The number of fused-ring (bicyclic) bond motifs is 1. The molecule has 0 aliphatic carbocycles. The van der Waals surface area contributed by atoms with Crippen LogP contribution in [0.4, 0.5) is 0 Å². The number of rotatable bonds is 2. The van der Waals surface area contributed by atoms with Crippen LogP contribution in [-0.2, 0) is 0 Å². The Labute approximate surface area is 135 Å². The molecule has 0 amide bonds. The molecule has 4 rings (SSSR count). The van der Waals surface area contributed by atoms with Gasteiger partial charge in [-0.15, -0.1) is 0 Å². The third-order valence-corrected chi connectivity index (χ3v) is 4.40. The van der Waals surface area contributed by atoms with Gasteiger partial charge in [-0.2, -0.15) is 0 Å². The number of nitrogens with one attached hydrogen (secondary N) is 1. The average Bonchev–Trinajstić information content (AvgIpc) is 3.01. The Morgan fingerprint density at radius 1 is 1.17 bits per heavy atom. The van der Waals surface area contributed by atoms with Gasteiger partial charge in [-0.1, -0.05) is 18.2 Å². The summed E-state index contributed by atoms with van der Waals surface area (Å²) in [6.07, 6.45) is 10.3. The smallest absolute Gasteiger partial charge is 0.0694 e. The van der Waals surface area contributed by atoms with E-state index >= 15 is 0 Å². The molecule has 1 N–H and O–H groups in total. The first-order valence-corrected chi connectivity index (χ1v) is 8.05. The third-order valence-electron chi connectivity index (χ3n) is 4.40. The highest BCUT2D eigenvalue weighted by Gasteiger charge is 2.15. The molecular formula is C20H19N3. The lowest BCUT2D eigenvalue weighted by Crippen LogP contribution is -2.11. The summed E-state index contributed by atoms with van der Waals surface area (Å²) in [6.45, 7) is 3.04. The Bertz CT molecular complexity index is 901. The van der Waals surface area contributed by atoms with Crippen molar-refractivity contribution in [2.75, 3.05) is 6.54 Å². The summed E-state index contributed by atoms with van der Waals surface area (Å²) < 4.78 is 0. The number of aliphatic imine (C=N–C) groups is 1. The number of benzene rings is 1. The van der Waals surface area contributed by atoms with Crippen molar-refractivity contribution in [3.8, 4) is 0 Å². The molecule has 3 heteroatoms. The minimum atomic E-state index is 0.897. The molecule has 3 heterocycles. The molecule has 2 aromatic heterocycles. The Hall–Kier alpha value is -2.68. The quantitative estimate of drug-likeness (QED) is 0.742. The predicted molar refractivity (Wildman–Crippen MR) is 95.9 cm³/mol. The van der Waals surface area contributed by atoms with Gasteiger partial charge in [0.1, 0.15) is 0 Å². The molecule has 0 radical (unpaired) electrons. The zero-order valence-corrected chi connectivity index (χ0v) is 13.2. The van der Waals surface area contributed by atoms with Crippen molar-refractivity contribution in [2.24, 2.45) is 4.99 Å². The highest BCUT2D eigenvalue weighted by Crippen LogP contribution is 2.27. The van der Waals surface area contributed by atoms with Gasteiger partial charge in [0.25, 0.3) is 0 Å². The van der Waals surface area contributed by atoms with Crippen LogP contribution in [0.15, 0.2) is 59.5 Å². The van der Waals surface area contributed by atoms with Gasteiger partial charge in [-0.3, -0.25) is 9.98 Å². The van der Waals surface area contributed by atoms with Gasteiger partial charge in [-0.25, -0.2) is 0 Å². The molecule has 0 bridgehead atoms. The molecule has 1 aromatic carbocycles. The molecule has 0 saturated heterocycles. The SMILES string of the molecule is Cc1cccc2c(/C=C3\CCCN=C3c3cccnc3)c[nH]c12. The van der Waals surface area contributed by atoms with Crippen LogP contribution in [0.3, 0.4) is 0 Å². The van der Waals surface area contributed by atoms with Crippen LogP contribution in [0.5, 0.6) is 0 Å². The maximum absolute atomic E-state index is 4.76. The number of pyridine rings is 1. The van der Waals surface area contributed by atoms with Crippen molar-refractivity contribution in [3.05, 3.63) is 71.2 Å². The van der Waals surface area contributed by atoms with Crippen LogP contribution in [-0.4, -0.2) is 22.2 Å². The molecule has 3 aromatic rings. The Balaban J connectivity index is 1.81. The number of H-pyrrole nitrogens is 1. The van der Waals surface area contributed by atoms with Gasteiger partial charge in [0.2, 0.25) is 0 Å². The van der Waals surface area contributed by atoms with E-state index in [1.807, 2.05) is 12.3 Å². The second-order valence-corrected chi connectivity index (χ2v) is 5.99. The maximum Gasteiger partial charge on any atom is 0.0694 e. The van der Waals surface area contributed by atoms with Crippen molar-refractivity contribution in [1.82, 2.24) is 9.97 Å². The Morgan fingerprint density at radius 2 is 2.13 bits per heavy atom. The zero-order chi connectivity index (χ0) is 15.6. The molecule has 3 nitrogen and oxygen atoms in total. The van der Waals surface area contributed by atoms with Crippen LogP contribution in [0.25, 0.3) is 17.0 Å². The van der Waals surface area contributed by atoms with E-state index in [1.165, 1.54) is 27.6 Å². The molecule has 23 heavy (non-hydrogen) atoms. The lowest BCUT2D eigenvalue weighted by molar-refractivity contribution is 0.818. The second kappa shape index (κ2) is 5.84. The average molecular weight is 301 g/mol. The first kappa shape index (κ1) is 13.9. The number of aryl methyl sites for hydroxylation is 1. The van der Waals surface area contributed by atoms with E-state index in [4.69, 9.17) is 4.99 Å². The minimum Gasteiger partial charge on any atom is -0.360 e. The van der Waals surface area contributed by atoms with E-state index < -0.39 is 0 Å². The van der Waals surface area contributed by atoms with Gasteiger partial charge in [0.15, 0.2) is 0 Å². The molecule has 1 aliphatic rings. The molecule has 0 fully saturated rings. The highest BCUT2D eigenvalue weighted by molar-refractivity contribution is 6.15. The highest BCUT2D eigenvalue weighted by atomic mass is 14.8. The summed E-state index contributed by atoms with van der Waals surface area (Å²) in [5, 5.41) is 1.27. The number of hydrogen-bond donors (Lipinski definition) is 1. The molecule has 1 aliphatic heterocycles. The van der Waals surface area contributed by atoms with Gasteiger partial charge in [0, 0.05) is 47.2 Å². The van der Waals surface area contributed by atoms with Crippen molar-refractivity contribution < 1.29 is 0 Å². The predicted octanol–water partition coefficient (Wildman–Crippen LogP) is 4.54. The fourth-order valence-electron chi connectivity index (χ4n) is 3.24. The van der Waals surface area contributed by atoms with Gasteiger partial charge < -0.3 is 4.98 Å². The summed E-state index contributed by atoms with van der Waals surface area (Å²) in [6, 6.07) is 10.5. The first-order chi connectivity index (χ1) is 11.3. The summed E-state index contributed by atoms with van der Waals surface area (Å²) in [5.74, 6) is 0. The molecule has 0 atom stereocenters. The number of aromatic nitrogens is 2. The molecule has 0 saturated carbocycles. The van der Waals surface area contributed by atoms with Crippen LogP contribution in [0.1, 0.15) is 29.5 Å². The molecular weight excluding hydrogens is 282 g/mol. The van der Waals surface area contributed by atoms with Crippen LogP contribution in [0, 0.1) is 6.92 Å². The topological polar surface area (TPSA) is 41.0 Å². The van der Waals surface area contributed by atoms with Crippen LogP contribution < -0.4 is 0 Å². The van der Waals surface area contributed by atoms with E-state index in [1.54, 1.807) is 6.20 Å². The molecule has 0 unspecified atom stereocenters. The van der Waals surface area contributed by atoms with E-state index in [0.717, 1.165) is 30.7 Å². The van der Waals surface area contributed by atoms with Crippen molar-refractivity contribution in [1.29, 1.82) is 0 Å². The van der Waals surface area contributed by atoms with E-state index in [9.17, 15) is 0 Å². The fourth-order valence-corrected chi connectivity index (χ4v) is 3.24. The third kappa shape index (κ3) is 2.59.